The third-order valence-corrected chi connectivity index (χ3v) is 22.7. The Morgan fingerprint density at radius 2 is 0.708 bits per heavy atom. The molecule has 89 heavy (non-hydrogen) atoms. The summed E-state index contributed by atoms with van der Waals surface area (Å²) < 4.78 is 4.90. The van der Waals surface area contributed by atoms with Crippen LogP contribution in [-0.2, 0) is 10.8 Å². The van der Waals surface area contributed by atoms with Crippen molar-refractivity contribution in [1.82, 2.24) is 9.13 Å². The summed E-state index contributed by atoms with van der Waals surface area (Å²) in [7, 11) is 0. The van der Waals surface area contributed by atoms with Crippen molar-refractivity contribution in [3.63, 3.8) is 0 Å². The van der Waals surface area contributed by atoms with Gasteiger partial charge in [-0.25, -0.2) is 0 Å². The van der Waals surface area contributed by atoms with Gasteiger partial charge in [0, 0.05) is 49.7 Å². The van der Waals surface area contributed by atoms with Crippen molar-refractivity contribution in [2.45, 2.75) is 92.3 Å². The highest BCUT2D eigenvalue weighted by atomic mass is 15.0. The fourth-order valence-corrected chi connectivity index (χ4v) is 19.4. The summed E-state index contributed by atoms with van der Waals surface area (Å²) in [5, 5.41) is 5.05. The van der Waals surface area contributed by atoms with Crippen molar-refractivity contribution < 1.29 is 0 Å². The van der Waals surface area contributed by atoms with Gasteiger partial charge in [0.1, 0.15) is 0 Å². The van der Waals surface area contributed by atoms with Crippen LogP contribution in [0.1, 0.15) is 115 Å². The van der Waals surface area contributed by atoms with E-state index in [-0.39, 0.29) is 16.7 Å². The predicted octanol–water partition coefficient (Wildman–Crippen LogP) is 23.0. The molecule has 6 bridgehead atoms. The molecule has 0 amide bonds. The summed E-state index contributed by atoms with van der Waals surface area (Å²) in [4.78, 5) is 0. The molecule has 14 aromatic rings. The van der Waals surface area contributed by atoms with E-state index in [4.69, 9.17) is 0 Å². The Labute approximate surface area is 521 Å². The molecule has 2 nitrogen and oxygen atoms in total. The van der Waals surface area contributed by atoms with Gasteiger partial charge in [-0.15, -0.1) is 0 Å². The van der Waals surface area contributed by atoms with Crippen molar-refractivity contribution >= 4 is 43.6 Å². The number of para-hydroxylation sites is 3. The van der Waals surface area contributed by atoms with Crippen LogP contribution < -0.4 is 0 Å². The lowest BCUT2D eigenvalue weighted by Crippen LogP contribution is -2.48. The summed E-state index contributed by atoms with van der Waals surface area (Å²) in [6, 6.07) is 109. The molecule has 0 radical (unpaired) electrons. The second-order valence-electron chi connectivity index (χ2n) is 26.9. The van der Waals surface area contributed by atoms with Crippen LogP contribution in [0.2, 0.25) is 0 Å². The zero-order valence-electron chi connectivity index (χ0n) is 50.1. The topological polar surface area (TPSA) is 9.86 Å². The van der Waals surface area contributed by atoms with Gasteiger partial charge in [-0.3, -0.25) is 0 Å². The summed E-state index contributed by atoms with van der Waals surface area (Å²) in [6.07, 6.45) is 10.6. The highest BCUT2D eigenvalue weighted by Gasteiger charge is 2.60. The molecular weight excluding hydrogens is 1070 g/mol. The lowest BCUT2D eigenvalue weighted by molar-refractivity contribution is 0.176. The summed E-state index contributed by atoms with van der Waals surface area (Å²) in [6.45, 7) is 0. The number of hydrogen-bond donors (Lipinski definition) is 0. The normalized spacial score (nSPS) is 21.4. The lowest BCUT2D eigenvalue weighted by atomic mass is 9.48. The number of benzene rings is 12. The summed E-state index contributed by atoms with van der Waals surface area (Å²) in [5.41, 5.74) is 29.9. The lowest BCUT2D eigenvalue weighted by Gasteiger charge is -2.54. The molecule has 2 heteroatoms. The van der Waals surface area contributed by atoms with Crippen LogP contribution >= 0.6 is 0 Å². The highest BCUT2D eigenvalue weighted by Crippen LogP contribution is 2.71. The molecule has 2 aromatic heterocycles. The van der Waals surface area contributed by atoms with Gasteiger partial charge < -0.3 is 9.13 Å². The van der Waals surface area contributed by atoms with E-state index in [1.54, 1.807) is 27.8 Å². The van der Waals surface area contributed by atoms with Crippen LogP contribution in [-0.4, -0.2) is 9.13 Å². The average Bonchev–Trinajstić information content (AvgIpc) is 1.73. The molecular formula is C87H68N2. The Morgan fingerprint density at radius 3 is 1.34 bits per heavy atom. The van der Waals surface area contributed by atoms with E-state index >= 15 is 0 Å². The van der Waals surface area contributed by atoms with Gasteiger partial charge in [-0.1, -0.05) is 231 Å². The first-order chi connectivity index (χ1) is 44.1. The smallest absolute Gasteiger partial charge is 0.0541 e. The van der Waals surface area contributed by atoms with Gasteiger partial charge in [0.05, 0.1) is 22.1 Å². The molecule has 5 aliphatic rings. The monoisotopic (exact) mass is 1140 g/mol. The Bertz CT molecular complexity index is 5170. The van der Waals surface area contributed by atoms with Crippen LogP contribution in [0.4, 0.5) is 0 Å². The van der Waals surface area contributed by atoms with Crippen LogP contribution in [0.15, 0.2) is 279 Å². The molecule has 6 unspecified atom stereocenters. The zero-order chi connectivity index (χ0) is 58.4. The Kier molecular flexibility index (Phi) is 11.5. The maximum atomic E-state index is 2.64. The fraction of sp³-hybridized carbons (Fsp3) is 0.172. The van der Waals surface area contributed by atoms with E-state index in [2.05, 4.69) is 288 Å². The molecule has 0 N–H and O–H groups in total. The molecule has 0 saturated heterocycles. The van der Waals surface area contributed by atoms with Crippen molar-refractivity contribution in [2.75, 3.05) is 0 Å². The van der Waals surface area contributed by atoms with Gasteiger partial charge >= 0.3 is 0 Å². The van der Waals surface area contributed by atoms with Gasteiger partial charge in [-0.05, 0) is 212 Å². The van der Waals surface area contributed by atoms with E-state index in [0.29, 0.717) is 17.8 Å². The predicted molar refractivity (Wildman–Crippen MR) is 371 cm³/mol. The third-order valence-electron chi connectivity index (χ3n) is 22.7. The second kappa shape index (κ2) is 19.9. The molecule has 19 rings (SSSR count). The van der Waals surface area contributed by atoms with E-state index in [1.807, 2.05) is 0 Å². The van der Waals surface area contributed by atoms with Crippen LogP contribution in [0.25, 0.3) is 111 Å². The number of rotatable bonds is 4. The number of nitrogens with zero attached hydrogens (tertiary/aromatic N) is 2. The molecule has 5 aliphatic carbocycles. The molecule has 2 fully saturated rings. The minimum Gasteiger partial charge on any atom is -0.309 e. The molecule has 6 atom stereocenters. The van der Waals surface area contributed by atoms with Gasteiger partial charge in [0.15, 0.2) is 0 Å². The Balaban J connectivity index is 0.803. The van der Waals surface area contributed by atoms with Gasteiger partial charge in [0.25, 0.3) is 0 Å². The van der Waals surface area contributed by atoms with E-state index in [0.717, 1.165) is 25.7 Å². The van der Waals surface area contributed by atoms with Gasteiger partial charge in [0.2, 0.25) is 0 Å². The SMILES string of the molecule is c1ccc(-n2c3ccccc3c3cc(-c4ccc5c(c4)c4ccccc4n5-c4ccc(-c5cccc6c5-c5ccccc5C5CCC67CC6CCCCC8CC(C5)(c5ccccc5-c5ccccc58)C7c5ccccc5-c5ccccc56)cc4)ccc32)cc1. The third kappa shape index (κ3) is 7.56. The maximum absolute atomic E-state index is 2.64. The molecule has 426 valence electrons. The first kappa shape index (κ1) is 51.3. The summed E-state index contributed by atoms with van der Waals surface area (Å²) >= 11 is 0. The van der Waals surface area contributed by atoms with Crippen molar-refractivity contribution in [3.05, 3.63) is 312 Å². The largest absolute Gasteiger partial charge is 0.309 e. The van der Waals surface area contributed by atoms with Crippen molar-refractivity contribution in [3.8, 4) is 67.0 Å². The average molecular weight is 1140 g/mol. The number of hydrogen-bond acceptors (Lipinski definition) is 0. The standard InChI is InChI=1S/C87H68N2/c1-2-23-62(24-3-1)88-80-39-18-15-32-72(80)76-51-57(43-47-82(76)88)58-44-48-83-77(52-58)73-33-16-19-40-81(73)89(83)63-45-41-56(42-46-63)67-36-20-38-79-84(67)74-34-12-8-27-66(74)61-49-50-86(79)53-59-21-4-5-22-60-54-87(55-61,78-37-17-14-31-71(78)69-29-10-7-26-65(60)69)85(86)75-35-13-11-30-70(75)68-28-9-6-25-64(59)68/h1-3,6-20,23-48,51-52,59-61,85H,4-5,21-22,49-50,53-55H2. The fourth-order valence-electron chi connectivity index (χ4n) is 19.4. The molecule has 12 aromatic carbocycles. The van der Waals surface area contributed by atoms with E-state index in [9.17, 15) is 0 Å². The second-order valence-corrected chi connectivity index (χ2v) is 26.9. The maximum Gasteiger partial charge on any atom is 0.0541 e. The Hall–Kier alpha value is -9.76. The van der Waals surface area contributed by atoms with Crippen LogP contribution in [0.5, 0.6) is 0 Å². The number of aromatic nitrogens is 2. The minimum atomic E-state index is -0.213. The van der Waals surface area contributed by atoms with Crippen molar-refractivity contribution in [1.29, 1.82) is 0 Å². The Morgan fingerprint density at radius 1 is 0.281 bits per heavy atom. The number of fused-ring (bicyclic) bond motifs is 22. The molecule has 0 aliphatic heterocycles. The zero-order valence-corrected chi connectivity index (χ0v) is 50.1. The minimum absolute atomic E-state index is 0.188. The molecule has 2 spiro atoms. The molecule has 2 heterocycles. The first-order valence-electron chi connectivity index (χ1n) is 32.9. The highest BCUT2D eigenvalue weighted by molar-refractivity contribution is 6.13. The first-order valence-corrected chi connectivity index (χ1v) is 32.9. The van der Waals surface area contributed by atoms with Gasteiger partial charge in [-0.2, -0.15) is 0 Å². The quantitative estimate of drug-likeness (QED) is 0.166. The van der Waals surface area contributed by atoms with Crippen molar-refractivity contribution in [2.24, 2.45) is 0 Å². The summed E-state index contributed by atoms with van der Waals surface area (Å²) in [5.74, 6) is 1.42. The molecule has 2 saturated carbocycles. The van der Waals surface area contributed by atoms with Crippen LogP contribution in [0, 0.1) is 0 Å². The van der Waals surface area contributed by atoms with E-state index < -0.39 is 0 Å². The van der Waals surface area contributed by atoms with E-state index in [1.165, 1.54) is 148 Å². The van der Waals surface area contributed by atoms with Crippen LogP contribution in [0.3, 0.4) is 0 Å².